The highest BCUT2D eigenvalue weighted by atomic mass is 35.5. The van der Waals surface area contributed by atoms with Crippen LogP contribution < -0.4 is 10.3 Å². The lowest BCUT2D eigenvalue weighted by Crippen LogP contribution is -2.19. The molecule has 0 saturated carbocycles. The van der Waals surface area contributed by atoms with E-state index in [1.165, 1.54) is 15.7 Å². The molecule has 5 nitrogen and oxygen atoms in total. The van der Waals surface area contributed by atoms with Crippen molar-refractivity contribution in [1.82, 2.24) is 14.0 Å². The molecular weight excluding hydrogens is 362 g/mol. The van der Waals surface area contributed by atoms with E-state index in [1.807, 2.05) is 18.5 Å². The van der Waals surface area contributed by atoms with E-state index < -0.39 is 0 Å². The Morgan fingerprint density at radius 2 is 1.85 bits per heavy atom. The van der Waals surface area contributed by atoms with Crippen molar-refractivity contribution >= 4 is 17.2 Å². The zero-order valence-corrected chi connectivity index (χ0v) is 16.0. The first-order chi connectivity index (χ1) is 13.0. The van der Waals surface area contributed by atoms with Gasteiger partial charge in [-0.15, -0.1) is 0 Å². The van der Waals surface area contributed by atoms with Gasteiger partial charge in [-0.25, -0.2) is 4.98 Å². The Morgan fingerprint density at radius 1 is 1.04 bits per heavy atom. The van der Waals surface area contributed by atoms with Crippen LogP contribution in [0.5, 0.6) is 5.75 Å². The lowest BCUT2D eigenvalue weighted by Gasteiger charge is -2.08. The molecule has 0 aliphatic carbocycles. The number of fused-ring (bicyclic) bond motifs is 1. The Bertz CT molecular complexity index is 1220. The highest BCUT2D eigenvalue weighted by Gasteiger charge is 2.12. The Morgan fingerprint density at radius 3 is 2.56 bits per heavy atom. The van der Waals surface area contributed by atoms with Gasteiger partial charge in [0.15, 0.2) is 0 Å². The van der Waals surface area contributed by atoms with E-state index in [9.17, 15) is 4.79 Å². The highest BCUT2D eigenvalue weighted by Crippen LogP contribution is 2.26. The molecule has 0 N–H and O–H groups in total. The number of hydrogen-bond acceptors (Lipinski definition) is 3. The number of aryl methyl sites for hydroxylation is 2. The number of benzene rings is 2. The number of ether oxygens (including phenoxy) is 1. The van der Waals surface area contributed by atoms with E-state index >= 15 is 0 Å². The zero-order valence-electron chi connectivity index (χ0n) is 15.2. The first kappa shape index (κ1) is 17.4. The molecule has 0 aliphatic heterocycles. The molecule has 6 heteroatoms. The Kier molecular flexibility index (Phi) is 4.24. The second-order valence-corrected chi connectivity index (χ2v) is 6.86. The van der Waals surface area contributed by atoms with Gasteiger partial charge in [-0.05, 0) is 49.2 Å². The maximum absolute atomic E-state index is 13.0. The predicted molar refractivity (Wildman–Crippen MR) is 107 cm³/mol. The summed E-state index contributed by atoms with van der Waals surface area (Å²) in [6.45, 7) is 4.14. The molecule has 0 radical (unpaired) electrons. The highest BCUT2D eigenvalue weighted by molar-refractivity contribution is 6.32. The van der Waals surface area contributed by atoms with Crippen molar-refractivity contribution in [3.8, 4) is 22.7 Å². The van der Waals surface area contributed by atoms with Crippen LogP contribution in [0.15, 0.2) is 59.8 Å². The van der Waals surface area contributed by atoms with Crippen LogP contribution in [0.4, 0.5) is 0 Å². The molecule has 0 bridgehead atoms. The molecule has 0 unspecified atom stereocenters. The van der Waals surface area contributed by atoms with E-state index in [0.717, 1.165) is 11.3 Å². The largest absolute Gasteiger partial charge is 0.495 e. The summed E-state index contributed by atoms with van der Waals surface area (Å²) < 4.78 is 8.44. The van der Waals surface area contributed by atoms with Crippen molar-refractivity contribution in [3.63, 3.8) is 0 Å². The molecule has 0 fully saturated rings. The van der Waals surface area contributed by atoms with Crippen molar-refractivity contribution in [2.75, 3.05) is 7.11 Å². The molecule has 2 heterocycles. The van der Waals surface area contributed by atoms with Gasteiger partial charge < -0.3 is 9.14 Å². The number of imidazole rings is 1. The zero-order chi connectivity index (χ0) is 19.1. The van der Waals surface area contributed by atoms with Crippen LogP contribution >= 0.6 is 11.6 Å². The van der Waals surface area contributed by atoms with Gasteiger partial charge in [-0.1, -0.05) is 23.7 Å². The predicted octanol–water partition coefficient (Wildman–Crippen LogP) is 4.43. The second kappa shape index (κ2) is 6.59. The fraction of sp³-hybridized carbons (Fsp3) is 0.143. The van der Waals surface area contributed by atoms with Gasteiger partial charge in [0.25, 0.3) is 5.56 Å². The average molecular weight is 380 g/mol. The van der Waals surface area contributed by atoms with Gasteiger partial charge in [-0.3, -0.25) is 9.36 Å². The van der Waals surface area contributed by atoms with Gasteiger partial charge in [0, 0.05) is 24.2 Å². The fourth-order valence-corrected chi connectivity index (χ4v) is 3.28. The van der Waals surface area contributed by atoms with Gasteiger partial charge in [0.1, 0.15) is 5.75 Å². The third-order valence-corrected chi connectivity index (χ3v) is 5.03. The van der Waals surface area contributed by atoms with Crippen molar-refractivity contribution in [1.29, 1.82) is 0 Å². The van der Waals surface area contributed by atoms with Crippen LogP contribution in [0.3, 0.4) is 0 Å². The summed E-state index contributed by atoms with van der Waals surface area (Å²) in [6.07, 6.45) is 5.39. The normalized spacial score (nSPS) is 11.1. The molecule has 136 valence electrons. The molecule has 0 aliphatic rings. The fourth-order valence-electron chi connectivity index (χ4n) is 3.03. The van der Waals surface area contributed by atoms with Crippen molar-refractivity contribution < 1.29 is 4.74 Å². The monoisotopic (exact) mass is 379 g/mol. The standard InChI is InChI=1S/C21H18ClN3O2/c1-13-4-5-15(10-14(13)2)18-12-24-8-9-25(21(26)20(24)23-18)16-6-7-19(27-3)17(22)11-16/h4-12H,1-3H3. The Balaban J connectivity index is 1.84. The lowest BCUT2D eigenvalue weighted by molar-refractivity contribution is 0.415. The quantitative estimate of drug-likeness (QED) is 0.529. The first-order valence-electron chi connectivity index (χ1n) is 8.50. The minimum Gasteiger partial charge on any atom is -0.495 e. The van der Waals surface area contributed by atoms with Crippen LogP contribution in [-0.4, -0.2) is 21.1 Å². The number of aromatic nitrogens is 3. The van der Waals surface area contributed by atoms with E-state index in [0.29, 0.717) is 22.1 Å². The number of nitrogens with zero attached hydrogens (tertiary/aromatic N) is 3. The summed E-state index contributed by atoms with van der Waals surface area (Å²) in [5.41, 5.74) is 4.97. The minimum absolute atomic E-state index is 0.214. The van der Waals surface area contributed by atoms with Crippen LogP contribution in [0.2, 0.25) is 5.02 Å². The third-order valence-electron chi connectivity index (χ3n) is 4.73. The molecule has 27 heavy (non-hydrogen) atoms. The van der Waals surface area contributed by atoms with Crippen molar-refractivity contribution in [2.24, 2.45) is 0 Å². The number of hydrogen-bond donors (Lipinski definition) is 0. The Hall–Kier alpha value is -3.05. The smallest absolute Gasteiger partial charge is 0.298 e. The molecule has 2 aromatic heterocycles. The van der Waals surface area contributed by atoms with E-state index in [-0.39, 0.29) is 5.56 Å². The summed E-state index contributed by atoms with van der Waals surface area (Å²) in [5, 5.41) is 0.445. The molecule has 4 aromatic rings. The summed E-state index contributed by atoms with van der Waals surface area (Å²) in [7, 11) is 1.55. The third kappa shape index (κ3) is 3.00. The van der Waals surface area contributed by atoms with E-state index in [2.05, 4.69) is 31.0 Å². The summed E-state index contributed by atoms with van der Waals surface area (Å²) in [4.78, 5) is 17.5. The van der Waals surface area contributed by atoms with Gasteiger partial charge >= 0.3 is 0 Å². The first-order valence-corrected chi connectivity index (χ1v) is 8.87. The molecule has 4 rings (SSSR count). The van der Waals surface area contributed by atoms with Crippen molar-refractivity contribution in [2.45, 2.75) is 13.8 Å². The van der Waals surface area contributed by atoms with Crippen LogP contribution in [0, 0.1) is 13.8 Å². The topological polar surface area (TPSA) is 48.5 Å². The molecule has 0 atom stereocenters. The second-order valence-electron chi connectivity index (χ2n) is 6.45. The molecule has 0 spiro atoms. The lowest BCUT2D eigenvalue weighted by atomic mass is 10.1. The minimum atomic E-state index is -0.214. The SMILES string of the molecule is COc1ccc(-n2ccn3cc(-c4ccc(C)c(C)c4)nc3c2=O)cc1Cl. The average Bonchev–Trinajstić information content (AvgIpc) is 3.09. The van der Waals surface area contributed by atoms with E-state index in [1.54, 1.807) is 35.9 Å². The maximum atomic E-state index is 13.0. The Labute approximate surface area is 161 Å². The maximum Gasteiger partial charge on any atom is 0.298 e. The van der Waals surface area contributed by atoms with E-state index in [4.69, 9.17) is 16.3 Å². The van der Waals surface area contributed by atoms with Gasteiger partial charge in [0.2, 0.25) is 5.65 Å². The molecular formula is C21H18ClN3O2. The number of methoxy groups -OCH3 is 1. The molecule has 2 aromatic carbocycles. The summed E-state index contributed by atoms with van der Waals surface area (Å²) in [6, 6.07) is 11.4. The van der Waals surface area contributed by atoms with Crippen LogP contribution in [0.1, 0.15) is 11.1 Å². The molecule has 0 saturated heterocycles. The molecule has 0 amide bonds. The summed E-state index contributed by atoms with van der Waals surface area (Å²) in [5.74, 6) is 0.562. The van der Waals surface area contributed by atoms with Gasteiger partial charge in [-0.2, -0.15) is 0 Å². The van der Waals surface area contributed by atoms with Crippen molar-refractivity contribution in [3.05, 3.63) is 81.5 Å². The van der Waals surface area contributed by atoms with Crippen LogP contribution in [0.25, 0.3) is 22.6 Å². The number of halogens is 1. The van der Waals surface area contributed by atoms with Gasteiger partial charge in [0.05, 0.1) is 23.5 Å². The number of rotatable bonds is 3. The van der Waals surface area contributed by atoms with Crippen LogP contribution in [-0.2, 0) is 0 Å². The summed E-state index contributed by atoms with van der Waals surface area (Å²) >= 11 is 6.20.